The predicted octanol–water partition coefficient (Wildman–Crippen LogP) is 2.69. The van der Waals surface area contributed by atoms with Crippen LogP contribution in [0.25, 0.3) is 11.1 Å². The van der Waals surface area contributed by atoms with Gasteiger partial charge in [-0.3, -0.25) is 29.3 Å². The number of nitro groups is 1. The van der Waals surface area contributed by atoms with Crippen molar-refractivity contribution in [2.24, 2.45) is 0 Å². The Morgan fingerprint density at radius 1 is 1.14 bits per heavy atom. The lowest BCUT2D eigenvalue weighted by atomic mass is 9.94. The van der Waals surface area contributed by atoms with Crippen LogP contribution in [0.4, 0.5) is 23.2 Å². The Kier molecular flexibility index (Phi) is 5.76. The molecule has 2 aromatic carbocycles. The van der Waals surface area contributed by atoms with Gasteiger partial charge in [0.1, 0.15) is 17.1 Å². The van der Waals surface area contributed by atoms with Gasteiger partial charge in [0.15, 0.2) is 11.9 Å². The quantitative estimate of drug-likeness (QED) is 0.379. The number of hydrogen-bond donors (Lipinski definition) is 1. The lowest BCUT2D eigenvalue weighted by molar-refractivity contribution is -0.561. The van der Waals surface area contributed by atoms with Gasteiger partial charge in [-0.2, -0.15) is 0 Å². The number of carboxylic acid groups (broad SMARTS) is 1. The molecule has 0 saturated carbocycles. The fourth-order valence-electron chi connectivity index (χ4n) is 3.81. The van der Waals surface area contributed by atoms with Gasteiger partial charge >= 0.3 is 18.6 Å². The van der Waals surface area contributed by atoms with Crippen LogP contribution in [0.15, 0.2) is 53.6 Å². The van der Waals surface area contributed by atoms with E-state index in [2.05, 4.69) is 4.74 Å². The Morgan fingerprint density at radius 3 is 2.43 bits per heavy atom. The molecule has 1 amide bonds. The van der Waals surface area contributed by atoms with E-state index in [1.54, 1.807) is 0 Å². The van der Waals surface area contributed by atoms with E-state index in [9.17, 15) is 42.8 Å². The summed E-state index contributed by atoms with van der Waals surface area (Å²) in [5.74, 6) is -5.51. The number of aliphatic carboxylic acids is 1. The second-order valence-corrected chi connectivity index (χ2v) is 7.38. The first kappa shape index (κ1) is 23.8. The van der Waals surface area contributed by atoms with Gasteiger partial charge < -0.3 is 9.84 Å². The number of Topliss-reactive ketones (excluding diaryl/α,β-unsaturated/α-hetero) is 1. The van der Waals surface area contributed by atoms with E-state index in [1.165, 1.54) is 18.2 Å². The van der Waals surface area contributed by atoms with Gasteiger partial charge in [0.05, 0.1) is 22.7 Å². The molecule has 2 atom stereocenters. The zero-order chi connectivity index (χ0) is 25.7. The van der Waals surface area contributed by atoms with Gasteiger partial charge in [0.25, 0.3) is 5.91 Å². The van der Waals surface area contributed by atoms with E-state index < -0.39 is 76.2 Å². The zero-order valence-electron chi connectivity index (χ0n) is 17.1. The SMILES string of the molecule is O=C1CN(c2ccc(-c3cccc(OC(F)(F)F)c3)cc2F)C(=O)C2=C1C([N+](=O)[O-])OC2C(=O)O. The Morgan fingerprint density at radius 2 is 1.83 bits per heavy atom. The van der Waals surface area contributed by atoms with Gasteiger partial charge in [0.2, 0.25) is 0 Å². The Balaban J connectivity index is 1.69. The lowest BCUT2D eigenvalue weighted by Gasteiger charge is -2.27. The Hall–Kier alpha value is -4.33. The van der Waals surface area contributed by atoms with E-state index in [0.29, 0.717) is 4.90 Å². The van der Waals surface area contributed by atoms with Crippen molar-refractivity contribution in [3.63, 3.8) is 0 Å². The standard InChI is InChI=1S/C21H12F4N2O8/c22-12-7-10(9-2-1-3-11(6-9)35-21(23,24)25)4-5-13(12)26-8-14(28)15-16(18(26)29)17(20(30)31)34-19(15)27(32)33/h1-7,17,19H,8H2,(H,30,31). The number of rotatable bonds is 5. The second kappa shape index (κ2) is 8.47. The summed E-state index contributed by atoms with van der Waals surface area (Å²) in [5, 5.41) is 20.5. The normalized spacial score (nSPS) is 20.2. The largest absolute Gasteiger partial charge is 0.573 e. The Labute approximate surface area is 192 Å². The van der Waals surface area contributed by atoms with Crippen molar-refractivity contribution in [1.29, 1.82) is 0 Å². The van der Waals surface area contributed by atoms with Crippen LogP contribution in [0.5, 0.6) is 5.75 Å². The molecule has 0 spiro atoms. The molecule has 35 heavy (non-hydrogen) atoms. The Bertz CT molecular complexity index is 1310. The molecule has 1 N–H and O–H groups in total. The van der Waals surface area contributed by atoms with Gasteiger partial charge in [-0.05, 0) is 35.4 Å². The molecule has 2 unspecified atom stereocenters. The summed E-state index contributed by atoms with van der Waals surface area (Å²) in [6.45, 7) is -0.817. The highest BCUT2D eigenvalue weighted by Gasteiger charge is 2.54. The molecular weight excluding hydrogens is 484 g/mol. The third kappa shape index (κ3) is 4.42. The summed E-state index contributed by atoms with van der Waals surface area (Å²) in [6.07, 6.45) is -9.18. The van der Waals surface area contributed by atoms with Crippen LogP contribution in [0, 0.1) is 15.9 Å². The number of ether oxygens (including phenoxy) is 2. The number of carbonyl (C=O) groups is 3. The van der Waals surface area contributed by atoms with E-state index in [-0.39, 0.29) is 11.1 Å². The lowest BCUT2D eigenvalue weighted by Crippen LogP contribution is -2.45. The maximum atomic E-state index is 15.0. The average molecular weight is 496 g/mol. The second-order valence-electron chi connectivity index (χ2n) is 7.38. The van der Waals surface area contributed by atoms with Gasteiger partial charge in [-0.15, -0.1) is 13.2 Å². The zero-order valence-corrected chi connectivity index (χ0v) is 17.1. The molecule has 0 radical (unpaired) electrons. The number of halogens is 4. The number of anilines is 1. The van der Waals surface area contributed by atoms with Crippen molar-refractivity contribution >= 4 is 23.3 Å². The number of ketones is 1. The summed E-state index contributed by atoms with van der Waals surface area (Å²) < 4.78 is 61.0. The molecule has 0 fully saturated rings. The molecule has 2 heterocycles. The highest BCUT2D eigenvalue weighted by atomic mass is 19.4. The number of carbonyl (C=O) groups excluding carboxylic acids is 2. The van der Waals surface area contributed by atoms with Crippen molar-refractivity contribution in [2.75, 3.05) is 11.4 Å². The van der Waals surface area contributed by atoms with E-state index in [1.807, 2.05) is 0 Å². The topological polar surface area (TPSA) is 136 Å². The molecule has 14 heteroatoms. The van der Waals surface area contributed by atoms with Crippen LogP contribution < -0.4 is 9.64 Å². The van der Waals surface area contributed by atoms with Gasteiger partial charge in [0, 0.05) is 0 Å². The fraction of sp³-hybridized carbons (Fsp3) is 0.190. The van der Waals surface area contributed by atoms with Crippen LogP contribution in [-0.2, 0) is 19.1 Å². The molecule has 10 nitrogen and oxygen atoms in total. The smallest absolute Gasteiger partial charge is 0.479 e. The monoisotopic (exact) mass is 496 g/mol. The number of carboxylic acids is 1. The number of benzene rings is 2. The average Bonchev–Trinajstić information content (AvgIpc) is 3.18. The highest BCUT2D eigenvalue weighted by Crippen LogP contribution is 2.37. The summed E-state index contributed by atoms with van der Waals surface area (Å²) >= 11 is 0. The molecule has 182 valence electrons. The van der Waals surface area contributed by atoms with E-state index in [0.717, 1.165) is 24.3 Å². The summed E-state index contributed by atoms with van der Waals surface area (Å²) in [5.41, 5.74) is -1.67. The molecule has 2 aliphatic rings. The van der Waals surface area contributed by atoms with Crippen molar-refractivity contribution in [2.45, 2.75) is 18.7 Å². The first-order valence-corrected chi connectivity index (χ1v) is 9.64. The van der Waals surface area contributed by atoms with E-state index >= 15 is 4.39 Å². The number of alkyl halides is 3. The molecule has 2 aromatic rings. The molecule has 0 aromatic heterocycles. The van der Waals surface area contributed by atoms with Crippen LogP contribution in [0.2, 0.25) is 0 Å². The first-order valence-electron chi connectivity index (χ1n) is 9.64. The summed E-state index contributed by atoms with van der Waals surface area (Å²) in [7, 11) is 0. The first-order chi connectivity index (χ1) is 16.4. The number of amides is 1. The molecule has 2 aliphatic heterocycles. The van der Waals surface area contributed by atoms with Gasteiger partial charge in [-0.1, -0.05) is 18.2 Å². The molecule has 4 rings (SSSR count). The maximum absolute atomic E-state index is 15.0. The maximum Gasteiger partial charge on any atom is 0.573 e. The van der Waals surface area contributed by atoms with Gasteiger partial charge in [-0.25, -0.2) is 9.18 Å². The van der Waals surface area contributed by atoms with Crippen molar-refractivity contribution in [3.05, 3.63) is 69.5 Å². The van der Waals surface area contributed by atoms with Crippen LogP contribution >= 0.6 is 0 Å². The van der Waals surface area contributed by atoms with Crippen molar-refractivity contribution < 1.29 is 51.4 Å². The minimum Gasteiger partial charge on any atom is -0.479 e. The summed E-state index contributed by atoms with van der Waals surface area (Å²) in [4.78, 5) is 47.8. The molecule has 0 bridgehead atoms. The highest BCUT2D eigenvalue weighted by molar-refractivity contribution is 6.22. The minimum atomic E-state index is -4.94. The fourth-order valence-corrected chi connectivity index (χ4v) is 3.81. The molecular formula is C21H12F4N2O8. The molecule has 0 saturated heterocycles. The minimum absolute atomic E-state index is 0.107. The number of nitrogens with zero attached hydrogens (tertiary/aromatic N) is 2. The van der Waals surface area contributed by atoms with Crippen molar-refractivity contribution in [1.82, 2.24) is 0 Å². The van der Waals surface area contributed by atoms with Crippen LogP contribution in [0.1, 0.15) is 0 Å². The van der Waals surface area contributed by atoms with Crippen LogP contribution in [-0.4, -0.2) is 52.9 Å². The summed E-state index contributed by atoms with van der Waals surface area (Å²) in [6, 6.07) is 7.91. The van der Waals surface area contributed by atoms with Crippen molar-refractivity contribution in [3.8, 4) is 16.9 Å². The third-order valence-corrected chi connectivity index (χ3v) is 5.20. The number of hydrogen-bond acceptors (Lipinski definition) is 7. The predicted molar refractivity (Wildman–Crippen MR) is 106 cm³/mol. The third-order valence-electron chi connectivity index (χ3n) is 5.20. The molecule has 0 aliphatic carbocycles. The van der Waals surface area contributed by atoms with E-state index in [4.69, 9.17) is 4.74 Å². The van der Waals surface area contributed by atoms with Crippen LogP contribution in [0.3, 0.4) is 0 Å².